The summed E-state index contributed by atoms with van der Waals surface area (Å²) in [6.07, 6.45) is 1.60. The highest BCUT2D eigenvalue weighted by atomic mass is 35.5. The number of hydrogen-bond donors (Lipinski definition) is 2. The van der Waals surface area contributed by atoms with Gasteiger partial charge in [0.15, 0.2) is 0 Å². The molecule has 0 aliphatic carbocycles. The van der Waals surface area contributed by atoms with Crippen LogP contribution in [0.15, 0.2) is 23.1 Å². The van der Waals surface area contributed by atoms with Crippen LogP contribution in [0, 0.1) is 0 Å². The molecule has 0 unspecified atom stereocenters. The number of benzene rings is 1. The minimum Gasteiger partial charge on any atom is -0.495 e. The second kappa shape index (κ2) is 9.71. The number of carbonyl (C=O) groups is 1. The van der Waals surface area contributed by atoms with Crippen molar-refractivity contribution in [1.29, 1.82) is 0 Å². The number of ether oxygens (including phenoxy) is 1. The lowest BCUT2D eigenvalue weighted by molar-refractivity contribution is 0.0953. The second-order valence-electron chi connectivity index (χ2n) is 4.90. The molecular formula is C14H24ClN3O4S. The van der Waals surface area contributed by atoms with Gasteiger partial charge in [-0.15, -0.1) is 12.4 Å². The van der Waals surface area contributed by atoms with Gasteiger partial charge in [-0.3, -0.25) is 4.79 Å². The summed E-state index contributed by atoms with van der Waals surface area (Å²) < 4.78 is 30.7. The zero-order chi connectivity index (χ0) is 16.8. The largest absolute Gasteiger partial charge is 0.495 e. The number of carbonyl (C=O) groups excluding carboxylic acids is 1. The highest BCUT2D eigenvalue weighted by Gasteiger charge is 2.23. The van der Waals surface area contributed by atoms with Gasteiger partial charge in [0.05, 0.1) is 7.11 Å². The molecule has 0 fully saturated rings. The number of nitrogens with two attached hydrogens (primary N) is 1. The third kappa shape index (κ3) is 5.65. The molecule has 0 atom stereocenters. The minimum absolute atomic E-state index is 0. The molecular weight excluding hydrogens is 342 g/mol. The standard InChI is InChI=1S/C14H23N3O4S.ClH/c1-17(2)22(19,20)13-10-11(6-7-12(13)21-3)14(18)16-9-5-4-8-15;/h6-7,10H,4-5,8-9,15H2,1-3H3,(H,16,18);1H. The fourth-order valence-electron chi connectivity index (χ4n) is 1.79. The number of nitrogens with zero attached hydrogens (tertiary/aromatic N) is 1. The number of hydrogen-bond acceptors (Lipinski definition) is 5. The van der Waals surface area contributed by atoms with Crippen molar-refractivity contribution >= 4 is 28.3 Å². The Morgan fingerprint density at radius 3 is 2.48 bits per heavy atom. The van der Waals surface area contributed by atoms with Crippen molar-refractivity contribution in [1.82, 2.24) is 9.62 Å². The van der Waals surface area contributed by atoms with Crippen LogP contribution in [0.2, 0.25) is 0 Å². The van der Waals surface area contributed by atoms with E-state index < -0.39 is 10.0 Å². The highest BCUT2D eigenvalue weighted by molar-refractivity contribution is 7.89. The normalized spacial score (nSPS) is 11.0. The summed E-state index contributed by atoms with van der Waals surface area (Å²) in [5.74, 6) is -0.122. The van der Waals surface area contributed by atoms with E-state index in [1.807, 2.05) is 0 Å². The third-order valence-electron chi connectivity index (χ3n) is 3.10. The van der Waals surface area contributed by atoms with Gasteiger partial charge in [0.1, 0.15) is 10.6 Å². The predicted molar refractivity (Wildman–Crippen MR) is 91.7 cm³/mol. The Balaban J connectivity index is 0.00000484. The molecule has 0 aliphatic rings. The molecule has 23 heavy (non-hydrogen) atoms. The zero-order valence-corrected chi connectivity index (χ0v) is 15.2. The maximum Gasteiger partial charge on any atom is 0.251 e. The molecule has 1 aromatic carbocycles. The number of halogens is 1. The van der Waals surface area contributed by atoms with Crippen molar-refractivity contribution in [3.8, 4) is 5.75 Å². The van der Waals surface area contributed by atoms with Crippen LogP contribution in [0.4, 0.5) is 0 Å². The summed E-state index contributed by atoms with van der Waals surface area (Å²) in [5, 5.41) is 2.74. The van der Waals surface area contributed by atoms with Gasteiger partial charge in [0, 0.05) is 26.2 Å². The van der Waals surface area contributed by atoms with Gasteiger partial charge in [-0.25, -0.2) is 12.7 Å². The first-order chi connectivity index (χ1) is 10.3. The van der Waals surface area contributed by atoms with Gasteiger partial charge in [-0.1, -0.05) is 0 Å². The molecule has 1 rings (SSSR count). The van der Waals surface area contributed by atoms with Crippen molar-refractivity contribution in [3.05, 3.63) is 23.8 Å². The number of unbranched alkanes of at least 4 members (excludes halogenated alkanes) is 1. The lowest BCUT2D eigenvalue weighted by Crippen LogP contribution is -2.26. The first-order valence-electron chi connectivity index (χ1n) is 6.93. The Bertz CT molecular complexity index is 620. The molecule has 3 N–H and O–H groups in total. The Morgan fingerprint density at radius 1 is 1.30 bits per heavy atom. The number of amides is 1. The van der Waals surface area contributed by atoms with Crippen molar-refractivity contribution in [3.63, 3.8) is 0 Å². The summed E-state index contributed by atoms with van der Waals surface area (Å²) in [4.78, 5) is 12.0. The first kappa shape index (κ1) is 21.6. The van der Waals surface area contributed by atoms with E-state index in [0.717, 1.165) is 17.1 Å². The first-order valence-corrected chi connectivity index (χ1v) is 8.37. The SMILES string of the molecule is COc1ccc(C(=O)NCCCCN)cc1S(=O)(=O)N(C)C.Cl. The van der Waals surface area contributed by atoms with E-state index in [1.54, 1.807) is 0 Å². The van der Waals surface area contributed by atoms with E-state index in [9.17, 15) is 13.2 Å². The average Bonchev–Trinajstić information content (AvgIpc) is 2.50. The molecule has 9 heteroatoms. The van der Waals surface area contributed by atoms with E-state index in [2.05, 4.69) is 5.32 Å². The Kier molecular flexibility index (Phi) is 9.14. The molecule has 0 aliphatic heterocycles. The molecule has 1 aromatic rings. The molecule has 0 bridgehead atoms. The predicted octanol–water partition coefficient (Wildman–Crippen LogP) is 0.836. The maximum absolute atomic E-state index is 12.3. The average molecular weight is 366 g/mol. The van der Waals surface area contributed by atoms with Crippen LogP contribution in [0.5, 0.6) is 5.75 Å². The number of rotatable bonds is 8. The fraction of sp³-hybridized carbons (Fsp3) is 0.500. The van der Waals surface area contributed by atoms with Crippen molar-refractivity contribution in [2.24, 2.45) is 5.73 Å². The number of methoxy groups -OCH3 is 1. The van der Waals surface area contributed by atoms with Gasteiger partial charge < -0.3 is 15.8 Å². The fourth-order valence-corrected chi connectivity index (χ4v) is 2.86. The van der Waals surface area contributed by atoms with Gasteiger partial charge in [0.25, 0.3) is 5.91 Å². The third-order valence-corrected chi connectivity index (χ3v) is 4.94. The summed E-state index contributed by atoms with van der Waals surface area (Å²) >= 11 is 0. The monoisotopic (exact) mass is 365 g/mol. The van der Waals surface area contributed by atoms with Gasteiger partial charge in [-0.2, -0.15) is 0 Å². The van der Waals surface area contributed by atoms with Crippen LogP contribution >= 0.6 is 12.4 Å². The second-order valence-corrected chi connectivity index (χ2v) is 7.03. The van der Waals surface area contributed by atoms with E-state index in [0.29, 0.717) is 13.1 Å². The Hall–Kier alpha value is -1.35. The quantitative estimate of drug-likeness (QED) is 0.664. The summed E-state index contributed by atoms with van der Waals surface area (Å²) in [6.45, 7) is 1.07. The molecule has 0 radical (unpaired) electrons. The zero-order valence-electron chi connectivity index (χ0n) is 13.5. The van der Waals surface area contributed by atoms with E-state index in [1.165, 1.54) is 39.4 Å². The molecule has 132 valence electrons. The summed E-state index contributed by atoms with van der Waals surface area (Å²) in [7, 11) is 0.542. The van der Waals surface area contributed by atoms with Gasteiger partial charge in [-0.05, 0) is 37.6 Å². The van der Waals surface area contributed by atoms with Crippen LogP contribution in [0.1, 0.15) is 23.2 Å². The van der Waals surface area contributed by atoms with Crippen LogP contribution in [0.3, 0.4) is 0 Å². The van der Waals surface area contributed by atoms with Crippen LogP contribution in [-0.4, -0.2) is 52.9 Å². The summed E-state index contributed by atoms with van der Waals surface area (Å²) in [5.41, 5.74) is 5.66. The molecule has 0 spiro atoms. The highest BCUT2D eigenvalue weighted by Crippen LogP contribution is 2.26. The summed E-state index contributed by atoms with van der Waals surface area (Å²) in [6, 6.07) is 4.34. The number of nitrogens with one attached hydrogen (secondary N) is 1. The molecule has 0 aromatic heterocycles. The lowest BCUT2D eigenvalue weighted by atomic mass is 10.2. The van der Waals surface area contributed by atoms with Crippen LogP contribution in [0.25, 0.3) is 0 Å². The maximum atomic E-state index is 12.3. The van der Waals surface area contributed by atoms with Gasteiger partial charge >= 0.3 is 0 Å². The van der Waals surface area contributed by atoms with Crippen molar-refractivity contribution in [2.75, 3.05) is 34.3 Å². The molecule has 1 amide bonds. The molecule has 7 nitrogen and oxygen atoms in total. The van der Waals surface area contributed by atoms with E-state index in [4.69, 9.17) is 10.5 Å². The van der Waals surface area contributed by atoms with Crippen LogP contribution < -0.4 is 15.8 Å². The van der Waals surface area contributed by atoms with Gasteiger partial charge in [0.2, 0.25) is 10.0 Å². The Labute approximate surface area is 143 Å². The van der Waals surface area contributed by atoms with Crippen LogP contribution in [-0.2, 0) is 10.0 Å². The molecule has 0 heterocycles. The van der Waals surface area contributed by atoms with E-state index >= 15 is 0 Å². The van der Waals surface area contributed by atoms with Crippen molar-refractivity contribution < 1.29 is 17.9 Å². The smallest absolute Gasteiger partial charge is 0.251 e. The van der Waals surface area contributed by atoms with E-state index in [-0.39, 0.29) is 34.5 Å². The topological polar surface area (TPSA) is 102 Å². The number of sulfonamides is 1. The lowest BCUT2D eigenvalue weighted by Gasteiger charge is -2.15. The Morgan fingerprint density at radius 2 is 1.96 bits per heavy atom. The molecule has 0 saturated heterocycles. The van der Waals surface area contributed by atoms with Crippen molar-refractivity contribution in [2.45, 2.75) is 17.7 Å². The minimum atomic E-state index is -3.69. The molecule has 0 saturated carbocycles.